The van der Waals surface area contributed by atoms with E-state index < -0.39 is 0 Å². The SMILES string of the molecule is O=C(CCC(=O)c1cccs1)Nc1nnc(SCc2cccs2)s1. The highest BCUT2D eigenvalue weighted by atomic mass is 32.2. The largest absolute Gasteiger partial charge is 0.300 e. The van der Waals surface area contributed by atoms with Crippen LogP contribution < -0.4 is 5.32 Å². The molecule has 3 aromatic heterocycles. The Labute approximate surface area is 155 Å². The predicted molar refractivity (Wildman–Crippen MR) is 100 cm³/mol. The Morgan fingerprint density at radius 2 is 1.92 bits per heavy atom. The first kappa shape index (κ1) is 17.3. The van der Waals surface area contributed by atoms with E-state index in [9.17, 15) is 9.59 Å². The van der Waals surface area contributed by atoms with Gasteiger partial charge in [-0.05, 0) is 22.9 Å². The number of rotatable bonds is 8. The van der Waals surface area contributed by atoms with E-state index in [1.165, 1.54) is 27.6 Å². The Hall–Kier alpha value is -1.55. The molecule has 0 unspecified atom stereocenters. The standard InChI is InChI=1S/C15H13N3O2S4/c19-11(12-4-2-8-22-12)5-6-13(20)16-14-17-18-15(24-14)23-9-10-3-1-7-21-10/h1-4,7-8H,5-6,9H2,(H,16,17,20). The first-order valence-electron chi connectivity index (χ1n) is 7.06. The number of nitrogens with one attached hydrogen (secondary N) is 1. The average Bonchev–Trinajstić information content (AvgIpc) is 3.32. The third-order valence-electron chi connectivity index (χ3n) is 2.95. The van der Waals surface area contributed by atoms with Crippen LogP contribution in [0.25, 0.3) is 0 Å². The van der Waals surface area contributed by atoms with Gasteiger partial charge in [-0.1, -0.05) is 35.2 Å². The van der Waals surface area contributed by atoms with Crippen LogP contribution in [-0.4, -0.2) is 21.9 Å². The molecule has 1 N–H and O–H groups in total. The Morgan fingerprint density at radius 1 is 1.08 bits per heavy atom. The lowest BCUT2D eigenvalue weighted by atomic mass is 10.2. The van der Waals surface area contributed by atoms with Gasteiger partial charge in [0, 0.05) is 23.5 Å². The number of nitrogens with zero attached hydrogens (tertiary/aromatic N) is 2. The summed E-state index contributed by atoms with van der Waals surface area (Å²) in [5, 5.41) is 15.1. The number of thiophene rings is 2. The van der Waals surface area contributed by atoms with Gasteiger partial charge in [-0.2, -0.15) is 0 Å². The molecule has 3 aromatic rings. The number of amides is 1. The topological polar surface area (TPSA) is 72.0 Å². The van der Waals surface area contributed by atoms with Crippen molar-refractivity contribution in [1.29, 1.82) is 0 Å². The maximum atomic E-state index is 11.9. The van der Waals surface area contributed by atoms with Gasteiger partial charge in [0.2, 0.25) is 11.0 Å². The fourth-order valence-corrected chi connectivity index (χ4v) is 5.05. The number of hydrogen-bond donors (Lipinski definition) is 1. The lowest BCUT2D eigenvalue weighted by Crippen LogP contribution is -2.13. The van der Waals surface area contributed by atoms with Gasteiger partial charge in [-0.25, -0.2) is 0 Å². The second-order valence-corrected chi connectivity index (χ2v) is 8.87. The highest BCUT2D eigenvalue weighted by Crippen LogP contribution is 2.29. The fraction of sp³-hybridized carbons (Fsp3) is 0.200. The summed E-state index contributed by atoms with van der Waals surface area (Å²) in [6.45, 7) is 0. The number of ketones is 1. The molecular weight excluding hydrogens is 382 g/mol. The van der Waals surface area contributed by atoms with E-state index in [1.54, 1.807) is 29.2 Å². The highest BCUT2D eigenvalue weighted by Gasteiger charge is 2.12. The summed E-state index contributed by atoms with van der Waals surface area (Å²) < 4.78 is 0.813. The third kappa shape index (κ3) is 4.97. The Balaban J connectivity index is 1.44. The molecule has 1 amide bonds. The van der Waals surface area contributed by atoms with Crippen molar-refractivity contribution in [3.8, 4) is 0 Å². The smallest absolute Gasteiger partial charge is 0.226 e. The molecule has 0 saturated carbocycles. The van der Waals surface area contributed by atoms with Gasteiger partial charge in [0.15, 0.2) is 10.1 Å². The van der Waals surface area contributed by atoms with Crippen LogP contribution >= 0.6 is 45.8 Å². The minimum Gasteiger partial charge on any atom is -0.300 e. The zero-order chi connectivity index (χ0) is 16.8. The van der Waals surface area contributed by atoms with Crippen molar-refractivity contribution >= 4 is 62.6 Å². The molecule has 124 valence electrons. The maximum absolute atomic E-state index is 11.9. The summed E-state index contributed by atoms with van der Waals surface area (Å²) in [6.07, 6.45) is 0.346. The first-order chi connectivity index (χ1) is 11.7. The van der Waals surface area contributed by atoms with Gasteiger partial charge < -0.3 is 5.32 Å². The van der Waals surface area contributed by atoms with Crippen molar-refractivity contribution < 1.29 is 9.59 Å². The van der Waals surface area contributed by atoms with Crippen LogP contribution in [0.5, 0.6) is 0 Å². The van der Waals surface area contributed by atoms with Crippen LogP contribution in [0.2, 0.25) is 0 Å². The zero-order valence-corrected chi connectivity index (χ0v) is 15.7. The third-order valence-corrected chi connectivity index (χ3v) is 6.94. The van der Waals surface area contributed by atoms with Crippen molar-refractivity contribution in [3.05, 3.63) is 44.8 Å². The summed E-state index contributed by atoms with van der Waals surface area (Å²) in [7, 11) is 0. The molecule has 0 fully saturated rings. The van der Waals surface area contributed by atoms with E-state index in [0.29, 0.717) is 10.0 Å². The number of hydrogen-bond acceptors (Lipinski definition) is 8. The molecule has 3 rings (SSSR count). The number of anilines is 1. The van der Waals surface area contributed by atoms with Crippen molar-refractivity contribution in [2.75, 3.05) is 5.32 Å². The molecule has 9 heteroatoms. The Kier molecular flexibility index (Phi) is 6.13. The van der Waals surface area contributed by atoms with Crippen molar-refractivity contribution in [2.45, 2.75) is 22.9 Å². The van der Waals surface area contributed by atoms with Gasteiger partial charge >= 0.3 is 0 Å². The Morgan fingerprint density at radius 3 is 2.67 bits per heavy atom. The number of Topliss-reactive ketones (excluding diaryl/α,β-unsaturated/α-hetero) is 1. The van der Waals surface area contributed by atoms with Gasteiger partial charge in [0.1, 0.15) is 0 Å². The highest BCUT2D eigenvalue weighted by molar-refractivity contribution is 8.00. The summed E-state index contributed by atoms with van der Waals surface area (Å²) in [6, 6.07) is 7.69. The number of thioether (sulfide) groups is 1. The monoisotopic (exact) mass is 395 g/mol. The minimum atomic E-state index is -0.217. The van der Waals surface area contributed by atoms with E-state index in [-0.39, 0.29) is 24.5 Å². The molecule has 24 heavy (non-hydrogen) atoms. The van der Waals surface area contributed by atoms with E-state index in [4.69, 9.17) is 0 Å². The second-order valence-electron chi connectivity index (χ2n) is 4.69. The van der Waals surface area contributed by atoms with E-state index in [1.807, 2.05) is 22.9 Å². The molecule has 0 aliphatic carbocycles. The Bertz CT molecular complexity index is 797. The van der Waals surface area contributed by atoms with E-state index in [0.717, 1.165) is 10.1 Å². The number of aromatic nitrogens is 2. The average molecular weight is 396 g/mol. The molecule has 0 bridgehead atoms. The molecule has 0 aliphatic heterocycles. The molecule has 0 radical (unpaired) electrons. The lowest BCUT2D eigenvalue weighted by Gasteiger charge is -1.99. The summed E-state index contributed by atoms with van der Waals surface area (Å²) in [5.41, 5.74) is 0. The normalized spacial score (nSPS) is 10.7. The zero-order valence-electron chi connectivity index (χ0n) is 12.4. The first-order valence-corrected chi connectivity index (χ1v) is 10.6. The van der Waals surface area contributed by atoms with Crippen LogP contribution in [0.3, 0.4) is 0 Å². The molecule has 0 aromatic carbocycles. The van der Waals surface area contributed by atoms with Crippen molar-refractivity contribution in [2.24, 2.45) is 0 Å². The van der Waals surface area contributed by atoms with Crippen LogP contribution in [0, 0.1) is 0 Å². The molecule has 0 atom stereocenters. The summed E-state index contributed by atoms with van der Waals surface area (Å²) in [5.74, 6) is 0.616. The summed E-state index contributed by atoms with van der Waals surface area (Å²) in [4.78, 5) is 25.7. The van der Waals surface area contributed by atoms with Crippen molar-refractivity contribution in [3.63, 3.8) is 0 Å². The second kappa shape index (κ2) is 8.52. The van der Waals surface area contributed by atoms with Crippen LogP contribution in [0.15, 0.2) is 39.4 Å². The van der Waals surface area contributed by atoms with Gasteiger partial charge in [-0.3, -0.25) is 9.59 Å². The van der Waals surface area contributed by atoms with E-state index >= 15 is 0 Å². The number of carbonyl (C=O) groups excluding carboxylic acids is 2. The van der Waals surface area contributed by atoms with Gasteiger partial charge in [0.25, 0.3) is 0 Å². The maximum Gasteiger partial charge on any atom is 0.226 e. The molecule has 5 nitrogen and oxygen atoms in total. The van der Waals surface area contributed by atoms with Crippen molar-refractivity contribution in [1.82, 2.24) is 10.2 Å². The predicted octanol–water partition coefficient (Wildman–Crippen LogP) is 4.56. The lowest BCUT2D eigenvalue weighted by molar-refractivity contribution is -0.116. The van der Waals surface area contributed by atoms with Crippen LogP contribution in [0.1, 0.15) is 27.4 Å². The molecular formula is C15H13N3O2S4. The van der Waals surface area contributed by atoms with Gasteiger partial charge in [-0.15, -0.1) is 32.9 Å². The number of carbonyl (C=O) groups is 2. The quantitative estimate of drug-likeness (QED) is 0.344. The van der Waals surface area contributed by atoms with Gasteiger partial charge in [0.05, 0.1) is 4.88 Å². The molecule has 0 aliphatic rings. The van der Waals surface area contributed by atoms with Crippen LogP contribution in [0.4, 0.5) is 5.13 Å². The molecule has 0 spiro atoms. The minimum absolute atomic E-state index is 0.00962. The molecule has 3 heterocycles. The fourth-order valence-electron chi connectivity index (χ4n) is 1.82. The van der Waals surface area contributed by atoms with E-state index in [2.05, 4.69) is 21.6 Å². The molecule has 0 saturated heterocycles. The summed E-state index contributed by atoms with van der Waals surface area (Å²) >= 11 is 6.03. The van der Waals surface area contributed by atoms with Crippen LogP contribution in [-0.2, 0) is 10.5 Å².